The highest BCUT2D eigenvalue weighted by Gasteiger charge is 2.23. The Morgan fingerprint density at radius 3 is 2.50 bits per heavy atom. The van der Waals surface area contributed by atoms with E-state index in [-0.39, 0.29) is 17.2 Å². The molecule has 0 radical (unpaired) electrons. The van der Waals surface area contributed by atoms with Crippen molar-refractivity contribution in [1.29, 1.82) is 0 Å². The number of nitrogens with zero attached hydrogens (tertiary/aromatic N) is 2. The first-order valence-corrected chi connectivity index (χ1v) is 9.90. The largest absolute Gasteiger partial charge is 0.504 e. The molecule has 9 nitrogen and oxygen atoms in total. The minimum atomic E-state index is -3.74. The van der Waals surface area contributed by atoms with Gasteiger partial charge in [-0.15, -0.1) is 0 Å². The molecule has 10 heteroatoms. The molecule has 2 aromatic rings. The van der Waals surface area contributed by atoms with Gasteiger partial charge in [-0.1, -0.05) is 12.1 Å². The van der Waals surface area contributed by atoms with Crippen molar-refractivity contribution in [1.82, 2.24) is 5.43 Å². The smallest absolute Gasteiger partial charge is 0.260 e. The number of phenols is 1. The number of anilines is 1. The maximum Gasteiger partial charge on any atom is 0.260 e. The van der Waals surface area contributed by atoms with Crippen LogP contribution in [0, 0.1) is 0 Å². The van der Waals surface area contributed by atoms with Gasteiger partial charge in [-0.3, -0.25) is 9.10 Å². The third-order valence-electron chi connectivity index (χ3n) is 3.65. The number of ether oxygens (including phenoxy) is 2. The fourth-order valence-electron chi connectivity index (χ4n) is 2.34. The lowest BCUT2D eigenvalue weighted by Gasteiger charge is -2.23. The summed E-state index contributed by atoms with van der Waals surface area (Å²) in [6, 6.07) is 11.0. The van der Waals surface area contributed by atoms with Crippen LogP contribution in [0.2, 0.25) is 0 Å². The molecule has 0 fully saturated rings. The molecule has 0 atom stereocenters. The average Bonchev–Trinajstić information content (AvgIpc) is 2.66. The number of hydrogen-bond acceptors (Lipinski definition) is 7. The van der Waals surface area contributed by atoms with Crippen molar-refractivity contribution in [3.63, 3.8) is 0 Å². The number of nitrogens with one attached hydrogen (secondary N) is 1. The van der Waals surface area contributed by atoms with Crippen LogP contribution < -0.4 is 19.2 Å². The van der Waals surface area contributed by atoms with Crippen LogP contribution in [0.5, 0.6) is 17.2 Å². The summed E-state index contributed by atoms with van der Waals surface area (Å²) in [6.07, 6.45) is 2.34. The number of para-hydroxylation sites is 2. The fraction of sp³-hybridized carbons (Fsp3) is 0.222. The number of carbonyl (C=O) groups excluding carboxylic acids is 1. The highest BCUT2D eigenvalue weighted by atomic mass is 32.2. The standard InChI is InChI=1S/C18H21N3O6S/c1-26-16-7-5-4-6-14(16)21(28(3,24)25)12-18(23)20-19-11-13-8-9-15(22)17(10-13)27-2/h4-11,22H,12H2,1-3H3,(H,20,23)/b19-11-. The van der Waals surface area contributed by atoms with Gasteiger partial charge in [0, 0.05) is 0 Å². The van der Waals surface area contributed by atoms with E-state index in [9.17, 15) is 18.3 Å². The SMILES string of the molecule is COc1cc(/C=N\NC(=O)CN(c2ccccc2OC)S(C)(=O)=O)ccc1O. The Kier molecular flexibility index (Phi) is 6.83. The van der Waals surface area contributed by atoms with Gasteiger partial charge >= 0.3 is 0 Å². The minimum absolute atomic E-state index is 0.0238. The van der Waals surface area contributed by atoms with Crippen molar-refractivity contribution >= 4 is 27.8 Å². The molecule has 0 unspecified atom stereocenters. The maximum absolute atomic E-state index is 12.2. The van der Waals surface area contributed by atoms with Gasteiger partial charge in [-0.05, 0) is 35.9 Å². The number of methoxy groups -OCH3 is 2. The van der Waals surface area contributed by atoms with Gasteiger partial charge in [0.25, 0.3) is 5.91 Å². The van der Waals surface area contributed by atoms with Gasteiger partial charge in [-0.25, -0.2) is 13.8 Å². The summed E-state index contributed by atoms with van der Waals surface area (Å²) in [6.45, 7) is -0.477. The van der Waals surface area contributed by atoms with Gasteiger partial charge in [0.05, 0.1) is 32.4 Å². The molecule has 28 heavy (non-hydrogen) atoms. The molecule has 150 valence electrons. The van der Waals surface area contributed by atoms with Crippen molar-refractivity contribution in [2.24, 2.45) is 5.10 Å². The minimum Gasteiger partial charge on any atom is -0.504 e. The Morgan fingerprint density at radius 1 is 1.18 bits per heavy atom. The first-order chi connectivity index (χ1) is 13.3. The third-order valence-corrected chi connectivity index (χ3v) is 4.77. The first kappa shape index (κ1) is 21.0. The van der Waals surface area contributed by atoms with Crippen LogP contribution in [-0.4, -0.2) is 52.7 Å². The Bertz CT molecular complexity index is 975. The van der Waals surface area contributed by atoms with Crippen LogP contribution in [0.1, 0.15) is 5.56 Å². The van der Waals surface area contributed by atoms with Gasteiger partial charge in [-0.2, -0.15) is 5.10 Å². The predicted octanol–water partition coefficient (Wildman–Crippen LogP) is 1.33. The van der Waals surface area contributed by atoms with Gasteiger partial charge in [0.1, 0.15) is 12.3 Å². The molecule has 0 saturated heterocycles. The average molecular weight is 407 g/mol. The van der Waals surface area contributed by atoms with Crippen LogP contribution in [-0.2, 0) is 14.8 Å². The molecule has 2 aromatic carbocycles. The number of phenolic OH excluding ortho intramolecular Hbond substituents is 1. The highest BCUT2D eigenvalue weighted by Crippen LogP contribution is 2.29. The van der Waals surface area contributed by atoms with E-state index in [1.54, 1.807) is 30.3 Å². The second-order valence-electron chi connectivity index (χ2n) is 5.67. The zero-order valence-corrected chi connectivity index (χ0v) is 16.4. The van der Waals surface area contributed by atoms with Crippen LogP contribution in [0.15, 0.2) is 47.6 Å². The predicted molar refractivity (Wildman–Crippen MR) is 106 cm³/mol. The highest BCUT2D eigenvalue weighted by molar-refractivity contribution is 7.92. The zero-order valence-electron chi connectivity index (χ0n) is 15.6. The first-order valence-electron chi connectivity index (χ1n) is 8.06. The van der Waals surface area contributed by atoms with Gasteiger partial charge < -0.3 is 14.6 Å². The summed E-state index contributed by atoms with van der Waals surface area (Å²) < 4.78 is 35.4. The lowest BCUT2D eigenvalue weighted by atomic mass is 10.2. The summed E-state index contributed by atoms with van der Waals surface area (Å²) in [5.41, 5.74) is 3.09. The lowest BCUT2D eigenvalue weighted by molar-refractivity contribution is -0.119. The second-order valence-corrected chi connectivity index (χ2v) is 7.57. The fourth-order valence-corrected chi connectivity index (χ4v) is 3.20. The molecule has 0 heterocycles. The van der Waals surface area contributed by atoms with Crippen molar-refractivity contribution < 1.29 is 27.8 Å². The molecule has 0 spiro atoms. The summed E-state index contributed by atoms with van der Waals surface area (Å²) in [5, 5.41) is 13.4. The van der Waals surface area contributed by atoms with Crippen LogP contribution in [0.3, 0.4) is 0 Å². The van der Waals surface area contributed by atoms with E-state index in [0.717, 1.165) is 10.6 Å². The normalized spacial score (nSPS) is 11.2. The van der Waals surface area contributed by atoms with Crippen molar-refractivity contribution in [2.45, 2.75) is 0 Å². The molecule has 2 rings (SSSR count). The number of benzene rings is 2. The maximum atomic E-state index is 12.2. The topological polar surface area (TPSA) is 118 Å². The monoisotopic (exact) mass is 407 g/mol. The lowest BCUT2D eigenvalue weighted by Crippen LogP contribution is -2.39. The van der Waals surface area contributed by atoms with Crippen LogP contribution in [0.25, 0.3) is 0 Å². The number of hydrazone groups is 1. The molecule has 2 N–H and O–H groups in total. The van der Waals surface area contributed by atoms with E-state index in [4.69, 9.17) is 9.47 Å². The van der Waals surface area contributed by atoms with E-state index in [1.807, 2.05) is 0 Å². The Labute approximate surface area is 163 Å². The van der Waals surface area contributed by atoms with Gasteiger partial charge in [0.15, 0.2) is 11.5 Å². The summed E-state index contributed by atoms with van der Waals surface area (Å²) in [5.74, 6) is -0.0854. The summed E-state index contributed by atoms with van der Waals surface area (Å²) in [7, 11) is -0.916. The van der Waals surface area contributed by atoms with Crippen molar-refractivity contribution in [2.75, 3.05) is 31.3 Å². The third kappa shape index (κ3) is 5.36. The molecule has 1 amide bonds. The number of rotatable bonds is 8. The van der Waals surface area contributed by atoms with E-state index in [1.165, 1.54) is 32.6 Å². The molecule has 0 saturated carbocycles. The molecule has 0 aliphatic heterocycles. The number of hydrogen-bond donors (Lipinski definition) is 2. The molecule has 0 aliphatic carbocycles. The Hall–Kier alpha value is -3.27. The van der Waals surface area contributed by atoms with Crippen molar-refractivity contribution in [3.05, 3.63) is 48.0 Å². The van der Waals surface area contributed by atoms with E-state index < -0.39 is 22.5 Å². The number of aromatic hydroxyl groups is 1. The number of amides is 1. The molecule has 0 aromatic heterocycles. The molecule has 0 bridgehead atoms. The van der Waals surface area contributed by atoms with E-state index >= 15 is 0 Å². The Morgan fingerprint density at radius 2 is 1.86 bits per heavy atom. The van der Waals surface area contributed by atoms with E-state index in [0.29, 0.717) is 11.3 Å². The van der Waals surface area contributed by atoms with Crippen molar-refractivity contribution in [3.8, 4) is 17.2 Å². The number of sulfonamides is 1. The Balaban J connectivity index is 2.12. The molecular formula is C18H21N3O6S. The van der Waals surface area contributed by atoms with Crippen LogP contribution in [0.4, 0.5) is 5.69 Å². The zero-order chi connectivity index (χ0) is 20.7. The number of carbonyl (C=O) groups is 1. The van der Waals surface area contributed by atoms with E-state index in [2.05, 4.69) is 10.5 Å². The van der Waals surface area contributed by atoms with Gasteiger partial charge in [0.2, 0.25) is 10.0 Å². The quantitative estimate of drug-likeness (QED) is 0.503. The second kappa shape index (κ2) is 9.09. The summed E-state index contributed by atoms with van der Waals surface area (Å²) in [4.78, 5) is 12.2. The summed E-state index contributed by atoms with van der Waals surface area (Å²) >= 11 is 0. The molecule has 0 aliphatic rings. The van der Waals surface area contributed by atoms with Crippen LogP contribution >= 0.6 is 0 Å². The molecular weight excluding hydrogens is 386 g/mol.